The fourth-order valence-electron chi connectivity index (χ4n) is 1.67. The number of anilines is 2. The molecule has 0 radical (unpaired) electrons. The summed E-state index contributed by atoms with van der Waals surface area (Å²) in [6, 6.07) is 2.22. The lowest BCUT2D eigenvalue weighted by Crippen LogP contribution is -2.34. The Kier molecular flexibility index (Phi) is 6.21. The maximum Gasteiger partial charge on any atom is 0.191 e. The van der Waals surface area contributed by atoms with E-state index in [1.807, 2.05) is 19.2 Å². The number of nitrogens with one attached hydrogen (secondary N) is 1. The Morgan fingerprint density at radius 3 is 2.67 bits per heavy atom. The highest BCUT2D eigenvalue weighted by molar-refractivity contribution is 7.98. The standard InChI is InChI=1S/C12H22N4OS/c1-5-13-10-8-11(15-12(14-10)18-4)16(6-7-17)9(2)3/h8-9,17H,5-7H2,1-4H3,(H,13,14,15). The van der Waals surface area contributed by atoms with Gasteiger partial charge in [0.1, 0.15) is 11.6 Å². The van der Waals surface area contributed by atoms with Crippen molar-refractivity contribution >= 4 is 23.4 Å². The van der Waals surface area contributed by atoms with Crippen LogP contribution in [0, 0.1) is 0 Å². The number of nitrogens with zero attached hydrogens (tertiary/aromatic N) is 3. The number of aliphatic hydroxyl groups is 1. The van der Waals surface area contributed by atoms with Crippen molar-refractivity contribution in [1.82, 2.24) is 9.97 Å². The predicted molar refractivity (Wildman–Crippen MR) is 77.5 cm³/mol. The molecule has 0 saturated heterocycles. The Balaban J connectivity index is 3.07. The summed E-state index contributed by atoms with van der Waals surface area (Å²) >= 11 is 1.52. The number of aliphatic hydroxyl groups excluding tert-OH is 1. The monoisotopic (exact) mass is 270 g/mol. The van der Waals surface area contributed by atoms with E-state index in [0.717, 1.165) is 23.3 Å². The van der Waals surface area contributed by atoms with Gasteiger partial charge in [-0.2, -0.15) is 0 Å². The quantitative estimate of drug-likeness (QED) is 0.582. The second-order valence-corrected chi connectivity index (χ2v) is 4.91. The van der Waals surface area contributed by atoms with Crippen molar-refractivity contribution in [3.63, 3.8) is 0 Å². The first kappa shape index (κ1) is 15.0. The Bertz CT molecular complexity index is 373. The van der Waals surface area contributed by atoms with Crippen LogP contribution in [0.5, 0.6) is 0 Å². The lowest BCUT2D eigenvalue weighted by Gasteiger charge is -2.27. The maximum absolute atomic E-state index is 9.14. The molecule has 1 aromatic heterocycles. The van der Waals surface area contributed by atoms with E-state index in [-0.39, 0.29) is 12.6 Å². The zero-order valence-corrected chi connectivity index (χ0v) is 12.3. The Morgan fingerprint density at radius 1 is 1.44 bits per heavy atom. The minimum absolute atomic E-state index is 0.118. The van der Waals surface area contributed by atoms with Gasteiger partial charge in [0.25, 0.3) is 0 Å². The van der Waals surface area contributed by atoms with Crippen LogP contribution in [0.1, 0.15) is 20.8 Å². The molecule has 0 bridgehead atoms. The Labute approximate surface area is 113 Å². The molecule has 0 spiro atoms. The number of aromatic nitrogens is 2. The predicted octanol–water partition coefficient (Wildman–Crippen LogP) is 1.84. The summed E-state index contributed by atoms with van der Waals surface area (Å²) in [6.07, 6.45) is 1.96. The van der Waals surface area contributed by atoms with Crippen LogP contribution < -0.4 is 10.2 Å². The summed E-state index contributed by atoms with van der Waals surface area (Å²) in [5.74, 6) is 1.68. The molecule has 1 aromatic rings. The molecule has 0 saturated carbocycles. The summed E-state index contributed by atoms with van der Waals surface area (Å²) < 4.78 is 0. The van der Waals surface area contributed by atoms with E-state index in [4.69, 9.17) is 5.11 Å². The molecule has 5 nitrogen and oxygen atoms in total. The first-order chi connectivity index (χ1) is 8.62. The third kappa shape index (κ3) is 4.03. The van der Waals surface area contributed by atoms with Crippen LogP contribution in [0.25, 0.3) is 0 Å². The average molecular weight is 270 g/mol. The third-order valence-corrected chi connectivity index (χ3v) is 3.04. The fraction of sp³-hybridized carbons (Fsp3) is 0.667. The molecule has 0 amide bonds. The number of thioether (sulfide) groups is 1. The molecule has 2 N–H and O–H groups in total. The lowest BCUT2D eigenvalue weighted by atomic mass is 10.3. The summed E-state index contributed by atoms with van der Waals surface area (Å²) in [4.78, 5) is 11.0. The maximum atomic E-state index is 9.14. The molecular formula is C12H22N4OS. The van der Waals surface area contributed by atoms with Crippen LogP contribution in [0.2, 0.25) is 0 Å². The molecule has 0 aliphatic heterocycles. The molecule has 1 rings (SSSR count). The number of hydrogen-bond acceptors (Lipinski definition) is 6. The van der Waals surface area contributed by atoms with E-state index >= 15 is 0 Å². The van der Waals surface area contributed by atoms with Gasteiger partial charge in [0, 0.05) is 25.2 Å². The molecule has 0 fully saturated rings. The van der Waals surface area contributed by atoms with Crippen molar-refractivity contribution in [3.8, 4) is 0 Å². The molecule has 1 heterocycles. The van der Waals surface area contributed by atoms with Crippen molar-refractivity contribution in [1.29, 1.82) is 0 Å². The first-order valence-corrected chi connectivity index (χ1v) is 7.39. The van der Waals surface area contributed by atoms with Crippen molar-refractivity contribution < 1.29 is 5.11 Å². The summed E-state index contributed by atoms with van der Waals surface area (Å²) in [5.41, 5.74) is 0. The van der Waals surface area contributed by atoms with E-state index in [0.29, 0.717) is 6.54 Å². The van der Waals surface area contributed by atoms with Crippen LogP contribution in [0.3, 0.4) is 0 Å². The smallest absolute Gasteiger partial charge is 0.191 e. The van der Waals surface area contributed by atoms with Gasteiger partial charge in [0.15, 0.2) is 5.16 Å². The van der Waals surface area contributed by atoms with Crippen LogP contribution in [0.15, 0.2) is 11.2 Å². The van der Waals surface area contributed by atoms with Gasteiger partial charge in [-0.25, -0.2) is 9.97 Å². The van der Waals surface area contributed by atoms with E-state index in [2.05, 4.69) is 34.0 Å². The molecule has 6 heteroatoms. The third-order valence-electron chi connectivity index (χ3n) is 2.49. The molecule has 0 atom stereocenters. The van der Waals surface area contributed by atoms with Gasteiger partial charge in [-0.1, -0.05) is 11.8 Å². The average Bonchev–Trinajstić information content (AvgIpc) is 2.35. The van der Waals surface area contributed by atoms with Gasteiger partial charge in [-0.05, 0) is 27.0 Å². The van der Waals surface area contributed by atoms with E-state index in [1.165, 1.54) is 11.8 Å². The first-order valence-electron chi connectivity index (χ1n) is 6.16. The second kappa shape index (κ2) is 7.43. The van der Waals surface area contributed by atoms with Gasteiger partial charge in [0.05, 0.1) is 6.61 Å². The second-order valence-electron chi connectivity index (χ2n) is 4.14. The highest BCUT2D eigenvalue weighted by Gasteiger charge is 2.14. The minimum Gasteiger partial charge on any atom is -0.395 e. The van der Waals surface area contributed by atoms with E-state index in [1.54, 1.807) is 0 Å². The summed E-state index contributed by atoms with van der Waals surface area (Å²) in [5, 5.41) is 13.1. The molecule has 0 unspecified atom stereocenters. The number of rotatable bonds is 7. The Hall–Kier alpha value is -1.01. The van der Waals surface area contributed by atoms with Crippen LogP contribution in [-0.2, 0) is 0 Å². The molecule has 18 heavy (non-hydrogen) atoms. The SMILES string of the molecule is CCNc1cc(N(CCO)C(C)C)nc(SC)n1. The normalized spacial score (nSPS) is 10.8. The van der Waals surface area contributed by atoms with Crippen molar-refractivity contribution in [2.45, 2.75) is 32.0 Å². The number of hydrogen-bond donors (Lipinski definition) is 2. The Morgan fingerprint density at radius 2 is 2.17 bits per heavy atom. The highest BCUT2D eigenvalue weighted by Crippen LogP contribution is 2.21. The highest BCUT2D eigenvalue weighted by atomic mass is 32.2. The fourth-order valence-corrected chi connectivity index (χ4v) is 2.04. The van der Waals surface area contributed by atoms with Crippen molar-refractivity contribution in [3.05, 3.63) is 6.07 Å². The molecule has 0 aromatic carbocycles. The summed E-state index contributed by atoms with van der Waals surface area (Å²) in [6.45, 7) is 7.73. The van der Waals surface area contributed by atoms with Crippen LogP contribution in [-0.4, -0.2) is 47.1 Å². The topological polar surface area (TPSA) is 61.3 Å². The zero-order valence-electron chi connectivity index (χ0n) is 11.5. The van der Waals surface area contributed by atoms with Gasteiger partial charge >= 0.3 is 0 Å². The molecular weight excluding hydrogens is 248 g/mol. The largest absolute Gasteiger partial charge is 0.395 e. The van der Waals surface area contributed by atoms with Crippen molar-refractivity contribution in [2.24, 2.45) is 0 Å². The van der Waals surface area contributed by atoms with Gasteiger partial charge < -0.3 is 15.3 Å². The minimum atomic E-state index is 0.118. The van der Waals surface area contributed by atoms with Crippen LogP contribution in [0.4, 0.5) is 11.6 Å². The lowest BCUT2D eigenvalue weighted by molar-refractivity contribution is 0.298. The zero-order chi connectivity index (χ0) is 13.5. The molecule has 0 aliphatic rings. The van der Waals surface area contributed by atoms with Crippen LogP contribution >= 0.6 is 11.8 Å². The van der Waals surface area contributed by atoms with Gasteiger partial charge in [0.2, 0.25) is 0 Å². The molecule has 102 valence electrons. The van der Waals surface area contributed by atoms with E-state index in [9.17, 15) is 0 Å². The van der Waals surface area contributed by atoms with Gasteiger partial charge in [-0.15, -0.1) is 0 Å². The van der Waals surface area contributed by atoms with Crippen molar-refractivity contribution in [2.75, 3.05) is 36.2 Å². The summed E-state index contributed by atoms with van der Waals surface area (Å²) in [7, 11) is 0. The van der Waals surface area contributed by atoms with E-state index < -0.39 is 0 Å². The van der Waals surface area contributed by atoms with Gasteiger partial charge in [-0.3, -0.25) is 0 Å². The molecule has 0 aliphatic carbocycles.